The lowest BCUT2D eigenvalue weighted by Crippen LogP contribution is -2.43. The van der Waals surface area contributed by atoms with E-state index in [1.54, 1.807) is 28.4 Å². The molecule has 2 aromatic carbocycles. The van der Waals surface area contributed by atoms with E-state index in [1.807, 2.05) is 30.3 Å². The summed E-state index contributed by atoms with van der Waals surface area (Å²) in [5.74, 6) is 4.27. The van der Waals surface area contributed by atoms with E-state index in [1.165, 1.54) is 5.57 Å². The number of fused-ring (bicyclic) bond motifs is 1. The van der Waals surface area contributed by atoms with Gasteiger partial charge in [-0.15, -0.1) is 0 Å². The number of methoxy groups -OCH3 is 4. The SMILES string of the molecule is CCC1CC2CC(OCc3ccccc3)=C(OC)C=C2CN1Cc1cc(OC)c(OC)c(OC)c1. The predicted octanol–water partition coefficient (Wildman–Crippen LogP) is 5.72. The van der Waals surface area contributed by atoms with Crippen molar-refractivity contribution in [1.82, 2.24) is 4.90 Å². The molecule has 188 valence electrons. The first-order valence-corrected chi connectivity index (χ1v) is 12.3. The maximum atomic E-state index is 6.24. The van der Waals surface area contributed by atoms with Gasteiger partial charge in [-0.3, -0.25) is 4.90 Å². The highest BCUT2D eigenvalue weighted by atomic mass is 16.5. The maximum absolute atomic E-state index is 6.24. The molecule has 2 aliphatic rings. The fraction of sp³-hybridized carbons (Fsp3) is 0.448. The summed E-state index contributed by atoms with van der Waals surface area (Å²) in [5, 5.41) is 0. The number of ether oxygens (including phenoxy) is 5. The summed E-state index contributed by atoms with van der Waals surface area (Å²) in [7, 11) is 6.67. The summed E-state index contributed by atoms with van der Waals surface area (Å²) in [5.41, 5.74) is 3.71. The Morgan fingerprint density at radius 1 is 0.886 bits per heavy atom. The third-order valence-electron chi connectivity index (χ3n) is 7.06. The van der Waals surface area contributed by atoms with Crippen molar-refractivity contribution in [2.45, 2.75) is 45.4 Å². The first-order valence-electron chi connectivity index (χ1n) is 12.3. The summed E-state index contributed by atoms with van der Waals surface area (Å²) < 4.78 is 28.6. The number of benzene rings is 2. The van der Waals surface area contributed by atoms with E-state index in [-0.39, 0.29) is 0 Å². The highest BCUT2D eigenvalue weighted by Crippen LogP contribution is 2.41. The Kier molecular flexibility index (Phi) is 8.24. The predicted molar refractivity (Wildman–Crippen MR) is 137 cm³/mol. The van der Waals surface area contributed by atoms with Crippen LogP contribution in [0.3, 0.4) is 0 Å². The van der Waals surface area contributed by atoms with Crippen LogP contribution in [-0.2, 0) is 22.6 Å². The number of likely N-dealkylation sites (tertiary alicyclic amines) is 1. The van der Waals surface area contributed by atoms with Crippen molar-refractivity contribution in [3.05, 3.63) is 76.8 Å². The van der Waals surface area contributed by atoms with Gasteiger partial charge in [0.25, 0.3) is 0 Å². The van der Waals surface area contributed by atoms with Crippen LogP contribution in [-0.4, -0.2) is 45.9 Å². The average molecular weight is 480 g/mol. The average Bonchev–Trinajstić information content (AvgIpc) is 2.90. The molecule has 6 heteroatoms. The molecular weight excluding hydrogens is 442 g/mol. The number of rotatable bonds is 10. The minimum Gasteiger partial charge on any atom is -0.493 e. The first-order chi connectivity index (χ1) is 17.1. The molecule has 1 aliphatic heterocycles. The minimum atomic E-state index is 0.473. The van der Waals surface area contributed by atoms with E-state index >= 15 is 0 Å². The molecule has 0 aromatic heterocycles. The Hall–Kier alpha value is -3.12. The van der Waals surface area contributed by atoms with Gasteiger partial charge in [0.05, 0.1) is 28.4 Å². The third-order valence-corrected chi connectivity index (χ3v) is 7.06. The van der Waals surface area contributed by atoms with Crippen molar-refractivity contribution in [3.63, 3.8) is 0 Å². The van der Waals surface area contributed by atoms with Crippen molar-refractivity contribution < 1.29 is 23.7 Å². The fourth-order valence-corrected chi connectivity index (χ4v) is 5.19. The van der Waals surface area contributed by atoms with Crippen molar-refractivity contribution in [2.75, 3.05) is 35.0 Å². The monoisotopic (exact) mass is 479 g/mol. The molecule has 0 amide bonds. The van der Waals surface area contributed by atoms with E-state index in [2.05, 4.69) is 30.0 Å². The van der Waals surface area contributed by atoms with Gasteiger partial charge >= 0.3 is 0 Å². The highest BCUT2D eigenvalue weighted by molar-refractivity contribution is 5.53. The van der Waals surface area contributed by atoms with Crippen molar-refractivity contribution in [1.29, 1.82) is 0 Å². The zero-order chi connectivity index (χ0) is 24.8. The van der Waals surface area contributed by atoms with Crippen LogP contribution in [0.5, 0.6) is 17.2 Å². The summed E-state index contributed by atoms with van der Waals surface area (Å²) in [6.07, 6.45) is 5.27. The lowest BCUT2D eigenvalue weighted by Gasteiger charge is -2.42. The molecule has 0 N–H and O–H groups in total. The molecule has 2 aromatic rings. The van der Waals surface area contributed by atoms with Gasteiger partial charge in [0.1, 0.15) is 12.4 Å². The van der Waals surface area contributed by atoms with Gasteiger partial charge in [-0.2, -0.15) is 0 Å². The van der Waals surface area contributed by atoms with E-state index < -0.39 is 0 Å². The lowest BCUT2D eigenvalue weighted by atomic mass is 9.80. The smallest absolute Gasteiger partial charge is 0.203 e. The van der Waals surface area contributed by atoms with Crippen LogP contribution in [0, 0.1) is 5.92 Å². The second-order valence-electron chi connectivity index (χ2n) is 9.12. The van der Waals surface area contributed by atoms with Gasteiger partial charge < -0.3 is 23.7 Å². The lowest BCUT2D eigenvalue weighted by molar-refractivity contribution is 0.110. The molecule has 4 rings (SSSR count). The van der Waals surface area contributed by atoms with E-state index in [4.69, 9.17) is 23.7 Å². The zero-order valence-corrected chi connectivity index (χ0v) is 21.5. The zero-order valence-electron chi connectivity index (χ0n) is 21.5. The maximum Gasteiger partial charge on any atom is 0.203 e. The molecule has 0 saturated carbocycles. The van der Waals surface area contributed by atoms with Crippen LogP contribution in [0.25, 0.3) is 0 Å². The largest absolute Gasteiger partial charge is 0.493 e. The molecule has 0 bridgehead atoms. The molecule has 0 radical (unpaired) electrons. The number of piperidine rings is 1. The van der Waals surface area contributed by atoms with Crippen LogP contribution in [0.1, 0.15) is 37.3 Å². The summed E-state index contributed by atoms with van der Waals surface area (Å²) in [6, 6.07) is 14.9. The molecule has 6 nitrogen and oxygen atoms in total. The van der Waals surface area contributed by atoms with Gasteiger partial charge in [-0.1, -0.05) is 37.3 Å². The van der Waals surface area contributed by atoms with Crippen LogP contribution < -0.4 is 14.2 Å². The van der Waals surface area contributed by atoms with Crippen molar-refractivity contribution in [2.24, 2.45) is 5.92 Å². The van der Waals surface area contributed by atoms with Crippen LogP contribution in [0.2, 0.25) is 0 Å². The van der Waals surface area contributed by atoms with Crippen LogP contribution in [0.15, 0.2) is 65.6 Å². The quantitative estimate of drug-likeness (QED) is 0.435. The van der Waals surface area contributed by atoms with Crippen molar-refractivity contribution in [3.8, 4) is 17.2 Å². The van der Waals surface area contributed by atoms with Gasteiger partial charge in [0.15, 0.2) is 17.3 Å². The first kappa shape index (κ1) is 25.0. The van der Waals surface area contributed by atoms with Gasteiger partial charge in [0.2, 0.25) is 5.75 Å². The van der Waals surface area contributed by atoms with Gasteiger partial charge in [-0.25, -0.2) is 0 Å². The molecule has 1 aliphatic carbocycles. The third kappa shape index (κ3) is 5.59. The van der Waals surface area contributed by atoms with Gasteiger partial charge in [-0.05, 0) is 53.7 Å². The number of hydrogen-bond acceptors (Lipinski definition) is 6. The fourth-order valence-electron chi connectivity index (χ4n) is 5.19. The van der Waals surface area contributed by atoms with E-state index in [0.29, 0.717) is 35.8 Å². The summed E-state index contributed by atoms with van der Waals surface area (Å²) in [6.45, 7) is 4.54. The van der Waals surface area contributed by atoms with E-state index in [0.717, 1.165) is 55.0 Å². The molecule has 0 spiro atoms. The minimum absolute atomic E-state index is 0.473. The topological polar surface area (TPSA) is 49.4 Å². The molecule has 35 heavy (non-hydrogen) atoms. The number of allylic oxidation sites excluding steroid dienone is 2. The van der Waals surface area contributed by atoms with Gasteiger partial charge in [0, 0.05) is 25.6 Å². The number of nitrogens with zero attached hydrogens (tertiary/aromatic N) is 1. The summed E-state index contributed by atoms with van der Waals surface area (Å²) >= 11 is 0. The van der Waals surface area contributed by atoms with Crippen molar-refractivity contribution >= 4 is 0 Å². The normalized spacial score (nSPS) is 20.1. The Morgan fingerprint density at radius 3 is 2.20 bits per heavy atom. The Labute approximate surface area is 209 Å². The second-order valence-corrected chi connectivity index (χ2v) is 9.12. The van der Waals surface area contributed by atoms with Crippen LogP contribution in [0.4, 0.5) is 0 Å². The Morgan fingerprint density at radius 2 is 1.60 bits per heavy atom. The molecule has 1 saturated heterocycles. The second kappa shape index (κ2) is 11.5. The molecule has 2 atom stereocenters. The van der Waals surface area contributed by atoms with E-state index in [9.17, 15) is 0 Å². The Bertz CT molecular complexity index is 1040. The molecule has 1 fully saturated rings. The number of hydrogen-bond donors (Lipinski definition) is 0. The highest BCUT2D eigenvalue weighted by Gasteiger charge is 2.35. The Balaban J connectivity index is 1.53. The molecule has 1 heterocycles. The summed E-state index contributed by atoms with van der Waals surface area (Å²) in [4.78, 5) is 2.55. The molecular formula is C29H37NO5. The standard InChI is InChI=1S/C29H37NO5/c1-6-24-14-22-15-26(35-19-20-10-8-7-9-11-20)25(31-2)16-23(22)18-30(24)17-21-12-27(32-3)29(34-5)28(13-21)33-4/h7-13,16,22,24H,6,14-15,17-19H2,1-5H3. The molecule has 2 unspecified atom stereocenters. The van der Waals surface area contributed by atoms with Crippen LogP contribution >= 0.6 is 0 Å².